The number of rotatable bonds is 7. The van der Waals surface area contributed by atoms with Crippen LogP contribution in [0.15, 0.2) is 42.5 Å². The van der Waals surface area contributed by atoms with Gasteiger partial charge in [0.25, 0.3) is 11.6 Å². The van der Waals surface area contributed by atoms with Crippen LogP contribution in [0.4, 0.5) is 5.69 Å². The molecule has 0 spiro atoms. The summed E-state index contributed by atoms with van der Waals surface area (Å²) in [5.74, 6) is -1.07. The number of nitro benzene ring substituents is 1. The third kappa shape index (κ3) is 4.92. The molecule has 1 amide bonds. The number of methoxy groups -OCH3 is 2. The molecular weight excluding hydrogens is 408 g/mol. The van der Waals surface area contributed by atoms with E-state index < -0.39 is 28.5 Å². The Morgan fingerprint density at radius 2 is 1.94 bits per heavy atom. The quantitative estimate of drug-likeness (QED) is 0.373. The summed E-state index contributed by atoms with van der Waals surface area (Å²) in [4.78, 5) is 37.5. The molecule has 1 heterocycles. The lowest BCUT2D eigenvalue weighted by molar-refractivity contribution is -0.385. The van der Waals surface area contributed by atoms with Crippen LogP contribution in [0.25, 0.3) is 0 Å². The first-order chi connectivity index (χ1) is 15.0. The summed E-state index contributed by atoms with van der Waals surface area (Å²) in [5.41, 5.74) is 0.190. The maximum Gasteiger partial charge on any atom is 0.331 e. The molecule has 0 aromatic heterocycles. The first-order valence-corrected chi connectivity index (χ1v) is 9.46. The highest BCUT2D eigenvalue weighted by atomic mass is 16.6. The largest absolute Gasteiger partial charge is 0.493 e. The average molecular weight is 430 g/mol. The monoisotopic (exact) mass is 430 g/mol. The zero-order valence-corrected chi connectivity index (χ0v) is 17.1. The maximum absolute atomic E-state index is 13.2. The van der Waals surface area contributed by atoms with E-state index in [0.717, 1.165) is 11.6 Å². The van der Waals surface area contributed by atoms with Gasteiger partial charge >= 0.3 is 5.97 Å². The van der Waals surface area contributed by atoms with Crippen LogP contribution >= 0.6 is 0 Å². The van der Waals surface area contributed by atoms with Gasteiger partial charge < -0.3 is 23.8 Å². The highest BCUT2D eigenvalue weighted by Gasteiger charge is 2.37. The Labute approximate surface area is 178 Å². The normalized spacial score (nSPS) is 15.8. The van der Waals surface area contributed by atoms with Crippen LogP contribution in [-0.2, 0) is 20.9 Å². The fourth-order valence-corrected chi connectivity index (χ4v) is 3.21. The number of esters is 1. The van der Waals surface area contributed by atoms with Crippen LogP contribution in [0.1, 0.15) is 15.9 Å². The first-order valence-electron chi connectivity index (χ1n) is 9.46. The molecule has 2 aromatic carbocycles. The van der Waals surface area contributed by atoms with Gasteiger partial charge in [0.15, 0.2) is 17.5 Å². The van der Waals surface area contributed by atoms with Crippen molar-refractivity contribution in [1.29, 1.82) is 0 Å². The Morgan fingerprint density at radius 1 is 1.19 bits per heavy atom. The molecule has 0 N–H and O–H groups in total. The summed E-state index contributed by atoms with van der Waals surface area (Å²) in [7, 11) is 2.57. The smallest absolute Gasteiger partial charge is 0.331 e. The van der Waals surface area contributed by atoms with E-state index in [1.807, 2.05) is 30.3 Å². The molecule has 10 nitrogen and oxygen atoms in total. The Hall–Kier alpha value is -3.66. The fourth-order valence-electron chi connectivity index (χ4n) is 3.21. The molecule has 1 fully saturated rings. The summed E-state index contributed by atoms with van der Waals surface area (Å²) in [6, 6.07) is 10.7. The molecule has 164 valence electrons. The second kappa shape index (κ2) is 9.90. The van der Waals surface area contributed by atoms with Crippen LogP contribution < -0.4 is 9.47 Å². The van der Waals surface area contributed by atoms with Gasteiger partial charge in [-0.05, 0) is 5.56 Å². The molecule has 0 aliphatic carbocycles. The molecular formula is C21H22N2O8. The molecule has 1 saturated heterocycles. The molecule has 3 rings (SSSR count). The topological polar surface area (TPSA) is 117 Å². The van der Waals surface area contributed by atoms with Gasteiger partial charge in [-0.25, -0.2) is 4.79 Å². The van der Waals surface area contributed by atoms with Crippen molar-refractivity contribution >= 4 is 17.6 Å². The first kappa shape index (κ1) is 22.0. The Balaban J connectivity index is 1.94. The molecule has 2 aromatic rings. The lowest BCUT2D eigenvalue weighted by Gasteiger charge is -2.33. The van der Waals surface area contributed by atoms with Crippen LogP contribution in [0.5, 0.6) is 11.5 Å². The van der Waals surface area contributed by atoms with Gasteiger partial charge in [0, 0.05) is 12.6 Å². The number of nitro groups is 1. The Bertz CT molecular complexity index is 963. The number of amides is 1. The second-order valence-electron chi connectivity index (χ2n) is 6.66. The third-order valence-corrected chi connectivity index (χ3v) is 4.81. The average Bonchev–Trinajstić information content (AvgIpc) is 2.81. The number of hydrogen-bond donors (Lipinski definition) is 0. The van der Waals surface area contributed by atoms with Crippen LogP contribution in [0.3, 0.4) is 0 Å². The molecule has 10 heteroatoms. The zero-order chi connectivity index (χ0) is 22.4. The minimum atomic E-state index is -0.995. The van der Waals surface area contributed by atoms with Crippen molar-refractivity contribution in [3.63, 3.8) is 0 Å². The van der Waals surface area contributed by atoms with Crippen LogP contribution in [0, 0.1) is 10.1 Å². The van der Waals surface area contributed by atoms with Gasteiger partial charge in [0.1, 0.15) is 12.2 Å². The van der Waals surface area contributed by atoms with E-state index in [9.17, 15) is 19.7 Å². The van der Waals surface area contributed by atoms with E-state index in [0.29, 0.717) is 0 Å². The number of benzene rings is 2. The van der Waals surface area contributed by atoms with Crippen LogP contribution in [0.2, 0.25) is 0 Å². The van der Waals surface area contributed by atoms with Crippen molar-refractivity contribution in [2.75, 3.05) is 34.0 Å². The van der Waals surface area contributed by atoms with Gasteiger partial charge in [0.05, 0.1) is 38.4 Å². The summed E-state index contributed by atoms with van der Waals surface area (Å²) >= 11 is 0. The minimum Gasteiger partial charge on any atom is -0.493 e. The maximum atomic E-state index is 13.2. The Kier molecular flexibility index (Phi) is 7.03. The molecule has 31 heavy (non-hydrogen) atoms. The predicted octanol–water partition coefficient (Wildman–Crippen LogP) is 2.20. The fraction of sp³-hybridized carbons (Fsp3) is 0.333. The number of hydrogen-bond acceptors (Lipinski definition) is 8. The van der Waals surface area contributed by atoms with Crippen molar-refractivity contribution in [3.05, 3.63) is 63.7 Å². The Morgan fingerprint density at radius 3 is 2.58 bits per heavy atom. The van der Waals surface area contributed by atoms with Crippen LogP contribution in [-0.4, -0.2) is 61.7 Å². The molecule has 1 aliphatic heterocycles. The minimum absolute atomic E-state index is 0.0540. The van der Waals surface area contributed by atoms with E-state index in [4.69, 9.17) is 18.9 Å². The van der Waals surface area contributed by atoms with E-state index in [2.05, 4.69) is 0 Å². The number of carbonyl (C=O) groups is 2. The van der Waals surface area contributed by atoms with E-state index in [-0.39, 0.29) is 43.4 Å². The van der Waals surface area contributed by atoms with Crippen molar-refractivity contribution in [2.45, 2.75) is 12.6 Å². The highest BCUT2D eigenvalue weighted by Crippen LogP contribution is 2.36. The molecule has 0 radical (unpaired) electrons. The summed E-state index contributed by atoms with van der Waals surface area (Å²) < 4.78 is 21.0. The number of nitrogens with zero attached hydrogens (tertiary/aromatic N) is 2. The third-order valence-electron chi connectivity index (χ3n) is 4.81. The van der Waals surface area contributed by atoms with Crippen molar-refractivity contribution in [3.8, 4) is 11.5 Å². The molecule has 0 bridgehead atoms. The molecule has 1 aliphatic rings. The summed E-state index contributed by atoms with van der Waals surface area (Å²) in [6.07, 6.45) is 0. The number of ether oxygens (including phenoxy) is 4. The lowest BCUT2D eigenvalue weighted by atomic mass is 10.1. The predicted molar refractivity (Wildman–Crippen MR) is 108 cm³/mol. The number of morpholine rings is 1. The molecule has 1 atom stereocenters. The summed E-state index contributed by atoms with van der Waals surface area (Å²) in [5, 5.41) is 11.7. The van der Waals surface area contributed by atoms with Gasteiger partial charge in [0.2, 0.25) is 0 Å². The SMILES string of the molecule is COC(=O)C1COCCN1C(=O)c1cc(OC)c(OCc2ccccc2)cc1[N+](=O)[O-]. The van der Waals surface area contributed by atoms with Gasteiger partial charge in [-0.3, -0.25) is 14.9 Å². The second-order valence-corrected chi connectivity index (χ2v) is 6.66. The van der Waals surface area contributed by atoms with Crippen molar-refractivity contribution in [2.24, 2.45) is 0 Å². The molecule has 0 saturated carbocycles. The van der Waals surface area contributed by atoms with E-state index >= 15 is 0 Å². The van der Waals surface area contributed by atoms with E-state index in [1.165, 1.54) is 25.2 Å². The van der Waals surface area contributed by atoms with Crippen molar-refractivity contribution in [1.82, 2.24) is 4.90 Å². The molecule has 1 unspecified atom stereocenters. The van der Waals surface area contributed by atoms with Crippen molar-refractivity contribution < 1.29 is 33.5 Å². The number of carbonyl (C=O) groups excluding carboxylic acids is 2. The lowest BCUT2D eigenvalue weighted by Crippen LogP contribution is -2.53. The summed E-state index contributed by atoms with van der Waals surface area (Å²) in [6.45, 7) is 0.393. The highest BCUT2D eigenvalue weighted by molar-refractivity contribution is 6.01. The zero-order valence-electron chi connectivity index (χ0n) is 17.1. The van der Waals surface area contributed by atoms with E-state index in [1.54, 1.807) is 0 Å². The van der Waals surface area contributed by atoms with Gasteiger partial charge in [-0.1, -0.05) is 30.3 Å². The van der Waals surface area contributed by atoms with Gasteiger partial charge in [-0.15, -0.1) is 0 Å². The standard InChI is InChI=1S/C21H22N2O8/c1-28-18-10-15(20(24)22-8-9-30-13-17(22)21(25)29-2)16(23(26)27)11-19(18)31-12-14-6-4-3-5-7-14/h3-7,10-11,17H,8-9,12-13H2,1-2H3. The van der Waals surface area contributed by atoms with Gasteiger partial charge in [-0.2, -0.15) is 0 Å².